The maximum Gasteiger partial charge on any atom is 0.0207 e. The van der Waals surface area contributed by atoms with Crippen LogP contribution < -0.4 is 5.32 Å². The Balaban J connectivity index is 1.96. The van der Waals surface area contributed by atoms with Gasteiger partial charge in [0.15, 0.2) is 0 Å². The van der Waals surface area contributed by atoms with E-state index < -0.39 is 0 Å². The summed E-state index contributed by atoms with van der Waals surface area (Å²) in [6.45, 7) is 6.05. The second-order valence-corrected chi connectivity index (χ2v) is 5.70. The summed E-state index contributed by atoms with van der Waals surface area (Å²) in [5, 5.41) is 3.80. The minimum atomic E-state index is 0.509. The Morgan fingerprint density at radius 1 is 1.21 bits per heavy atom. The zero-order valence-corrected chi connectivity index (χ0v) is 9.81. The molecule has 1 atom stereocenters. The van der Waals surface area contributed by atoms with Crippen molar-refractivity contribution in [3.8, 4) is 0 Å². The minimum Gasteiger partial charge on any atom is -0.311 e. The molecule has 0 radical (unpaired) electrons. The van der Waals surface area contributed by atoms with Crippen LogP contribution >= 0.6 is 0 Å². The molecule has 2 aliphatic rings. The predicted octanol–water partition coefficient (Wildman–Crippen LogP) is 3.34. The van der Waals surface area contributed by atoms with Crippen molar-refractivity contribution in [2.45, 2.75) is 64.3 Å². The fraction of sp³-hybridized carbons (Fsp3) is 1.00. The van der Waals surface area contributed by atoms with Gasteiger partial charge in [-0.1, -0.05) is 39.5 Å². The summed E-state index contributed by atoms with van der Waals surface area (Å²) in [6.07, 6.45) is 10.2. The molecule has 0 aromatic rings. The number of nitrogens with one attached hydrogen (secondary N) is 1. The number of hydrogen-bond donors (Lipinski definition) is 1. The molecule has 2 rings (SSSR count). The van der Waals surface area contributed by atoms with E-state index in [1.807, 2.05) is 0 Å². The highest BCUT2D eigenvalue weighted by molar-refractivity contribution is 4.97. The van der Waals surface area contributed by atoms with Crippen molar-refractivity contribution in [3.05, 3.63) is 0 Å². The summed E-state index contributed by atoms with van der Waals surface area (Å²) in [7, 11) is 0. The highest BCUT2D eigenvalue weighted by atomic mass is 15.0. The standard InChI is InChI=1S/C13H25N/c1-11(2)13(8-5-9-14-13)10-12-6-3-4-7-12/h11-12,14H,3-10H2,1-2H3. The van der Waals surface area contributed by atoms with Crippen molar-refractivity contribution in [2.75, 3.05) is 6.54 Å². The van der Waals surface area contributed by atoms with Crippen molar-refractivity contribution in [3.63, 3.8) is 0 Å². The first kappa shape index (κ1) is 10.5. The first-order valence-electron chi connectivity index (χ1n) is 6.48. The molecule has 1 nitrogen and oxygen atoms in total. The van der Waals surface area contributed by atoms with Gasteiger partial charge in [-0.3, -0.25) is 0 Å². The number of hydrogen-bond acceptors (Lipinski definition) is 1. The second-order valence-electron chi connectivity index (χ2n) is 5.70. The quantitative estimate of drug-likeness (QED) is 0.728. The van der Waals surface area contributed by atoms with Crippen molar-refractivity contribution in [1.29, 1.82) is 0 Å². The van der Waals surface area contributed by atoms with Crippen molar-refractivity contribution < 1.29 is 0 Å². The molecule has 1 saturated heterocycles. The van der Waals surface area contributed by atoms with Crippen molar-refractivity contribution in [1.82, 2.24) is 5.32 Å². The Labute approximate surface area is 88.7 Å². The van der Waals surface area contributed by atoms with Gasteiger partial charge < -0.3 is 5.32 Å². The highest BCUT2D eigenvalue weighted by Crippen LogP contribution is 2.39. The maximum atomic E-state index is 3.80. The molecule has 1 heterocycles. The van der Waals surface area contributed by atoms with Gasteiger partial charge in [0.1, 0.15) is 0 Å². The fourth-order valence-electron chi connectivity index (χ4n) is 3.46. The molecule has 0 bridgehead atoms. The van der Waals surface area contributed by atoms with Crippen LogP contribution in [0.4, 0.5) is 0 Å². The predicted molar refractivity (Wildman–Crippen MR) is 61.4 cm³/mol. The molecule has 1 aliphatic carbocycles. The normalized spacial score (nSPS) is 34.5. The minimum absolute atomic E-state index is 0.509. The van der Waals surface area contributed by atoms with Gasteiger partial charge in [-0.15, -0.1) is 0 Å². The Bertz CT molecular complexity index is 174. The Hall–Kier alpha value is -0.0400. The molecular formula is C13H25N. The molecule has 2 fully saturated rings. The third kappa shape index (κ3) is 1.98. The van der Waals surface area contributed by atoms with E-state index in [0.29, 0.717) is 5.54 Å². The Kier molecular flexibility index (Phi) is 3.16. The summed E-state index contributed by atoms with van der Waals surface area (Å²) in [6, 6.07) is 0. The van der Waals surface area contributed by atoms with Crippen molar-refractivity contribution in [2.24, 2.45) is 11.8 Å². The zero-order chi connectivity index (χ0) is 10.0. The lowest BCUT2D eigenvalue weighted by molar-refractivity contribution is 0.212. The molecular weight excluding hydrogens is 170 g/mol. The number of rotatable bonds is 3. The second kappa shape index (κ2) is 4.22. The first-order chi connectivity index (χ1) is 6.73. The summed E-state index contributed by atoms with van der Waals surface area (Å²) in [5.41, 5.74) is 0.509. The molecule has 1 heteroatoms. The topological polar surface area (TPSA) is 12.0 Å². The van der Waals surface area contributed by atoms with Crippen LogP contribution in [0.3, 0.4) is 0 Å². The van der Waals surface area contributed by atoms with E-state index in [-0.39, 0.29) is 0 Å². The third-order valence-electron chi connectivity index (χ3n) is 4.51. The molecule has 0 spiro atoms. The summed E-state index contributed by atoms with van der Waals surface area (Å²) in [4.78, 5) is 0. The van der Waals surface area contributed by atoms with Gasteiger partial charge in [-0.2, -0.15) is 0 Å². The van der Waals surface area contributed by atoms with E-state index in [1.54, 1.807) is 0 Å². The lowest BCUT2D eigenvalue weighted by Crippen LogP contribution is -2.46. The Morgan fingerprint density at radius 3 is 2.43 bits per heavy atom. The third-order valence-corrected chi connectivity index (χ3v) is 4.51. The van der Waals surface area contributed by atoms with Crippen LogP contribution in [0.2, 0.25) is 0 Å². The van der Waals surface area contributed by atoms with Gasteiger partial charge in [-0.25, -0.2) is 0 Å². The van der Waals surface area contributed by atoms with Crippen LogP contribution in [0, 0.1) is 11.8 Å². The zero-order valence-electron chi connectivity index (χ0n) is 9.81. The maximum absolute atomic E-state index is 3.80. The lowest BCUT2D eigenvalue weighted by Gasteiger charge is -2.36. The molecule has 0 aromatic heterocycles. The van der Waals surface area contributed by atoms with Crippen LogP contribution in [0.5, 0.6) is 0 Å². The van der Waals surface area contributed by atoms with Gasteiger partial charge in [-0.05, 0) is 37.6 Å². The van der Waals surface area contributed by atoms with Gasteiger partial charge >= 0.3 is 0 Å². The van der Waals surface area contributed by atoms with Gasteiger partial charge in [0, 0.05) is 5.54 Å². The molecule has 0 aromatic carbocycles. The van der Waals surface area contributed by atoms with Crippen LogP contribution in [-0.2, 0) is 0 Å². The molecule has 0 amide bonds. The Morgan fingerprint density at radius 2 is 1.93 bits per heavy atom. The molecule has 1 saturated carbocycles. The van der Waals surface area contributed by atoms with Crippen LogP contribution in [0.25, 0.3) is 0 Å². The molecule has 82 valence electrons. The van der Waals surface area contributed by atoms with E-state index in [1.165, 1.54) is 51.5 Å². The lowest BCUT2D eigenvalue weighted by atomic mass is 9.77. The van der Waals surface area contributed by atoms with E-state index in [9.17, 15) is 0 Å². The summed E-state index contributed by atoms with van der Waals surface area (Å²) < 4.78 is 0. The first-order valence-corrected chi connectivity index (χ1v) is 6.48. The molecule has 1 N–H and O–H groups in total. The average molecular weight is 195 g/mol. The van der Waals surface area contributed by atoms with Crippen LogP contribution in [-0.4, -0.2) is 12.1 Å². The SMILES string of the molecule is CC(C)C1(CC2CCCC2)CCCN1. The van der Waals surface area contributed by atoms with Gasteiger partial charge in [0.05, 0.1) is 0 Å². The van der Waals surface area contributed by atoms with E-state index in [4.69, 9.17) is 0 Å². The summed E-state index contributed by atoms with van der Waals surface area (Å²) in [5.74, 6) is 1.84. The van der Waals surface area contributed by atoms with Crippen LogP contribution in [0.1, 0.15) is 58.8 Å². The average Bonchev–Trinajstić information content (AvgIpc) is 2.76. The monoisotopic (exact) mass is 195 g/mol. The van der Waals surface area contributed by atoms with Gasteiger partial charge in [0.2, 0.25) is 0 Å². The van der Waals surface area contributed by atoms with E-state index in [0.717, 1.165) is 11.8 Å². The van der Waals surface area contributed by atoms with Gasteiger partial charge in [0.25, 0.3) is 0 Å². The largest absolute Gasteiger partial charge is 0.311 e. The molecule has 14 heavy (non-hydrogen) atoms. The van der Waals surface area contributed by atoms with Crippen molar-refractivity contribution >= 4 is 0 Å². The smallest absolute Gasteiger partial charge is 0.0207 e. The van der Waals surface area contributed by atoms with Crippen LogP contribution in [0.15, 0.2) is 0 Å². The van der Waals surface area contributed by atoms with E-state index in [2.05, 4.69) is 19.2 Å². The molecule has 1 unspecified atom stereocenters. The fourth-order valence-corrected chi connectivity index (χ4v) is 3.46. The highest BCUT2D eigenvalue weighted by Gasteiger charge is 2.38. The summed E-state index contributed by atoms with van der Waals surface area (Å²) >= 11 is 0. The molecule has 1 aliphatic heterocycles. The van der Waals surface area contributed by atoms with E-state index >= 15 is 0 Å².